The summed E-state index contributed by atoms with van der Waals surface area (Å²) in [4.78, 5) is 32.5. The van der Waals surface area contributed by atoms with E-state index in [2.05, 4.69) is 20.5 Å². The maximum absolute atomic E-state index is 13.1. The Balaban J connectivity index is 1.21. The number of nitrogens with one attached hydrogen (secondary N) is 2. The van der Waals surface area contributed by atoms with E-state index in [1.807, 2.05) is 17.9 Å². The molecule has 1 saturated carbocycles. The van der Waals surface area contributed by atoms with Gasteiger partial charge < -0.3 is 14.6 Å². The van der Waals surface area contributed by atoms with Crippen LogP contribution in [0.3, 0.4) is 0 Å². The molecule has 5 rings (SSSR count). The number of nitrogens with zero attached hydrogens (tertiary/aromatic N) is 3. The molecular weight excluding hydrogens is 402 g/mol. The van der Waals surface area contributed by atoms with Crippen molar-refractivity contribution in [2.45, 2.75) is 44.4 Å². The predicted octanol–water partition coefficient (Wildman–Crippen LogP) is 3.92. The van der Waals surface area contributed by atoms with Gasteiger partial charge in [0, 0.05) is 24.9 Å². The molecule has 0 spiro atoms. The number of carbonyl (C=O) groups is 2. The number of furan rings is 1. The molecule has 3 aromatic heterocycles. The van der Waals surface area contributed by atoms with Gasteiger partial charge in [-0.05, 0) is 56.4 Å². The summed E-state index contributed by atoms with van der Waals surface area (Å²) >= 11 is 1.30. The number of piperidine rings is 1. The van der Waals surface area contributed by atoms with Crippen molar-refractivity contribution in [2.75, 3.05) is 18.4 Å². The van der Waals surface area contributed by atoms with Gasteiger partial charge in [0.15, 0.2) is 11.6 Å². The number of hydrogen-bond acceptors (Lipinski definition) is 6. The normalized spacial score (nSPS) is 17.3. The number of aromatic amines is 1. The summed E-state index contributed by atoms with van der Waals surface area (Å²) in [7, 11) is 0. The highest BCUT2D eigenvalue weighted by Gasteiger charge is 2.31. The van der Waals surface area contributed by atoms with Crippen molar-refractivity contribution in [3.63, 3.8) is 0 Å². The van der Waals surface area contributed by atoms with Crippen molar-refractivity contribution in [2.24, 2.45) is 0 Å². The van der Waals surface area contributed by atoms with Gasteiger partial charge in [-0.3, -0.25) is 14.7 Å². The summed E-state index contributed by atoms with van der Waals surface area (Å²) in [6.07, 6.45) is 5.58. The Morgan fingerprint density at radius 2 is 2.03 bits per heavy atom. The number of aromatic nitrogens is 3. The Kier molecular flexibility index (Phi) is 4.90. The smallest absolute Gasteiger partial charge is 0.291 e. The van der Waals surface area contributed by atoms with Gasteiger partial charge in [-0.25, -0.2) is 4.98 Å². The van der Waals surface area contributed by atoms with Crippen LogP contribution >= 0.6 is 11.3 Å². The predicted molar refractivity (Wildman–Crippen MR) is 112 cm³/mol. The number of thiophene rings is 1. The van der Waals surface area contributed by atoms with Crippen molar-refractivity contribution >= 4 is 28.2 Å². The fraction of sp³-hybridized carbons (Fsp3) is 0.429. The van der Waals surface area contributed by atoms with Gasteiger partial charge in [-0.15, -0.1) is 11.3 Å². The number of rotatable bonds is 5. The van der Waals surface area contributed by atoms with Crippen LogP contribution in [-0.2, 0) is 0 Å². The van der Waals surface area contributed by atoms with Crippen molar-refractivity contribution in [3.05, 3.63) is 52.3 Å². The highest BCUT2D eigenvalue weighted by Crippen LogP contribution is 2.39. The fourth-order valence-electron chi connectivity index (χ4n) is 3.83. The average Bonchev–Trinajstić information content (AvgIpc) is 3.14. The molecular formula is C21H23N5O3S. The minimum atomic E-state index is -0.321. The van der Waals surface area contributed by atoms with Crippen LogP contribution in [0.5, 0.6) is 0 Å². The Labute approximate surface area is 177 Å². The van der Waals surface area contributed by atoms with E-state index in [-0.39, 0.29) is 17.6 Å². The molecule has 30 heavy (non-hydrogen) atoms. The number of likely N-dealkylation sites (tertiary alicyclic amines) is 1. The number of amides is 2. The van der Waals surface area contributed by atoms with Crippen LogP contribution < -0.4 is 5.32 Å². The molecule has 0 unspecified atom stereocenters. The fourth-order valence-corrected chi connectivity index (χ4v) is 4.87. The van der Waals surface area contributed by atoms with Crippen molar-refractivity contribution in [3.8, 4) is 0 Å². The first-order valence-electron chi connectivity index (χ1n) is 10.2. The minimum Gasteiger partial charge on any atom is -0.459 e. The molecule has 0 bridgehead atoms. The van der Waals surface area contributed by atoms with Gasteiger partial charge >= 0.3 is 0 Å². The summed E-state index contributed by atoms with van der Waals surface area (Å²) < 4.78 is 5.12. The Bertz CT molecular complexity index is 1060. The van der Waals surface area contributed by atoms with E-state index in [4.69, 9.17) is 4.42 Å². The zero-order valence-electron chi connectivity index (χ0n) is 16.7. The first-order valence-corrected chi connectivity index (χ1v) is 11.1. The molecule has 0 radical (unpaired) electrons. The highest BCUT2D eigenvalue weighted by atomic mass is 32.1. The summed E-state index contributed by atoms with van der Waals surface area (Å²) in [6, 6.07) is 5.10. The number of hydrogen-bond donors (Lipinski definition) is 2. The van der Waals surface area contributed by atoms with Crippen molar-refractivity contribution < 1.29 is 14.0 Å². The zero-order valence-corrected chi connectivity index (χ0v) is 17.5. The van der Waals surface area contributed by atoms with Crippen LogP contribution in [0.4, 0.5) is 5.00 Å². The molecule has 2 N–H and O–H groups in total. The molecule has 0 atom stereocenters. The Morgan fingerprint density at radius 3 is 2.73 bits per heavy atom. The largest absolute Gasteiger partial charge is 0.459 e. The topological polar surface area (TPSA) is 104 Å². The molecule has 1 saturated heterocycles. The number of anilines is 1. The van der Waals surface area contributed by atoms with E-state index in [0.29, 0.717) is 34.8 Å². The van der Waals surface area contributed by atoms with Gasteiger partial charge in [0.05, 0.1) is 16.1 Å². The third kappa shape index (κ3) is 3.77. The standard InChI is InChI=1S/C21H23N5O3S/c1-12-11-16(22-20(27)15-3-2-10-29-15)30-17(12)21(28)26-8-6-14(7-9-26)19-23-18(24-25-19)13-4-5-13/h2-3,10-11,13-14H,4-9H2,1H3,(H,22,27)(H,23,24,25). The lowest BCUT2D eigenvalue weighted by Crippen LogP contribution is -2.38. The van der Waals surface area contributed by atoms with Gasteiger partial charge in [-0.2, -0.15) is 5.10 Å². The van der Waals surface area contributed by atoms with Crippen molar-refractivity contribution in [1.29, 1.82) is 0 Å². The van der Waals surface area contributed by atoms with E-state index < -0.39 is 0 Å². The SMILES string of the molecule is Cc1cc(NC(=O)c2ccco2)sc1C(=O)N1CCC(c2nc(C3CC3)n[nH]2)CC1. The van der Waals surface area contributed by atoms with Crippen LogP contribution in [0.25, 0.3) is 0 Å². The van der Waals surface area contributed by atoms with E-state index >= 15 is 0 Å². The molecule has 2 fully saturated rings. The van der Waals surface area contributed by atoms with Crippen LogP contribution in [0.15, 0.2) is 28.9 Å². The van der Waals surface area contributed by atoms with Crippen LogP contribution in [0.1, 0.15) is 75.0 Å². The minimum absolute atomic E-state index is 0.0192. The molecule has 156 valence electrons. The maximum Gasteiger partial charge on any atom is 0.291 e. The molecule has 3 aromatic rings. The third-order valence-electron chi connectivity index (χ3n) is 5.73. The first-order chi connectivity index (χ1) is 14.6. The van der Waals surface area contributed by atoms with Gasteiger partial charge in [0.1, 0.15) is 5.82 Å². The second-order valence-electron chi connectivity index (χ2n) is 7.97. The molecule has 8 nitrogen and oxygen atoms in total. The third-order valence-corrected chi connectivity index (χ3v) is 6.87. The molecule has 4 heterocycles. The second kappa shape index (κ2) is 7.71. The lowest BCUT2D eigenvalue weighted by molar-refractivity contribution is 0.0715. The summed E-state index contributed by atoms with van der Waals surface area (Å²) in [5.74, 6) is 2.71. The monoisotopic (exact) mass is 425 g/mol. The Hall–Kier alpha value is -2.94. The van der Waals surface area contributed by atoms with Crippen LogP contribution in [0, 0.1) is 6.92 Å². The van der Waals surface area contributed by atoms with E-state index in [9.17, 15) is 9.59 Å². The maximum atomic E-state index is 13.1. The van der Waals surface area contributed by atoms with Crippen LogP contribution in [0.2, 0.25) is 0 Å². The van der Waals surface area contributed by atoms with E-state index in [0.717, 1.165) is 30.1 Å². The second-order valence-corrected chi connectivity index (χ2v) is 9.03. The number of aryl methyl sites for hydroxylation is 1. The van der Waals surface area contributed by atoms with Crippen LogP contribution in [-0.4, -0.2) is 45.0 Å². The molecule has 9 heteroatoms. The van der Waals surface area contributed by atoms with Crippen molar-refractivity contribution in [1.82, 2.24) is 20.1 Å². The molecule has 1 aliphatic carbocycles. The van der Waals surface area contributed by atoms with E-state index in [1.54, 1.807) is 12.1 Å². The molecule has 2 amide bonds. The Morgan fingerprint density at radius 1 is 1.23 bits per heavy atom. The highest BCUT2D eigenvalue weighted by molar-refractivity contribution is 7.18. The average molecular weight is 426 g/mol. The zero-order chi connectivity index (χ0) is 20.7. The summed E-state index contributed by atoms with van der Waals surface area (Å²) in [6.45, 7) is 3.27. The summed E-state index contributed by atoms with van der Waals surface area (Å²) in [5.41, 5.74) is 0.867. The van der Waals surface area contributed by atoms with Gasteiger partial charge in [0.25, 0.3) is 11.8 Å². The van der Waals surface area contributed by atoms with E-state index in [1.165, 1.54) is 30.4 Å². The van der Waals surface area contributed by atoms with Gasteiger partial charge in [-0.1, -0.05) is 0 Å². The molecule has 1 aliphatic heterocycles. The quantitative estimate of drug-likeness (QED) is 0.645. The first kappa shape index (κ1) is 19.0. The molecule has 0 aromatic carbocycles. The lowest BCUT2D eigenvalue weighted by atomic mass is 9.96. The molecule has 2 aliphatic rings. The van der Waals surface area contributed by atoms with Gasteiger partial charge in [0.2, 0.25) is 0 Å². The number of H-pyrrole nitrogens is 1. The number of carbonyl (C=O) groups excluding carboxylic acids is 2. The summed E-state index contributed by atoms with van der Waals surface area (Å²) in [5, 5.41) is 10.9. The lowest BCUT2D eigenvalue weighted by Gasteiger charge is -2.30.